The second-order valence-electron chi connectivity index (χ2n) is 9.22. The fourth-order valence-corrected chi connectivity index (χ4v) is 6.13. The minimum Gasteiger partial charge on any atom is -0.350 e. The number of carbonyl (C=O) groups excluding carboxylic acids is 3. The summed E-state index contributed by atoms with van der Waals surface area (Å²) in [5.74, 6) is -0.715. The van der Waals surface area contributed by atoms with E-state index in [0.717, 1.165) is 17.5 Å². The molecule has 1 fully saturated rings. The molecule has 0 saturated carbocycles. The highest BCUT2D eigenvalue weighted by atomic mass is 32.2. The van der Waals surface area contributed by atoms with Crippen LogP contribution in [0, 0.1) is 5.92 Å². The predicted octanol–water partition coefficient (Wildman–Crippen LogP) is 3.28. The first-order valence-corrected chi connectivity index (χ1v) is 12.2. The molecule has 4 atom stereocenters. The van der Waals surface area contributed by atoms with Crippen molar-refractivity contribution >= 4 is 29.5 Å². The molecule has 0 aliphatic carbocycles. The maximum absolute atomic E-state index is 13.6. The lowest BCUT2D eigenvalue weighted by atomic mass is 9.95. The topological polar surface area (TPSA) is 91.4 Å². The van der Waals surface area contributed by atoms with Crippen LogP contribution < -0.4 is 10.6 Å². The number of nitrogens with one attached hydrogen (secondary N) is 2. The van der Waals surface area contributed by atoms with Crippen LogP contribution in [0.15, 0.2) is 48.8 Å². The summed E-state index contributed by atoms with van der Waals surface area (Å²) in [7, 11) is 0. The van der Waals surface area contributed by atoms with Crippen LogP contribution in [-0.2, 0) is 16.1 Å². The maximum Gasteiger partial charge on any atom is 0.256 e. The maximum atomic E-state index is 13.6. The fourth-order valence-electron chi connectivity index (χ4n) is 4.54. The zero-order chi connectivity index (χ0) is 23.8. The highest BCUT2D eigenvalue weighted by molar-refractivity contribution is 8.01. The molecule has 174 valence electrons. The Morgan fingerprint density at radius 2 is 1.88 bits per heavy atom. The number of hydrogen-bond acceptors (Lipinski definition) is 5. The van der Waals surface area contributed by atoms with Crippen LogP contribution in [0.3, 0.4) is 0 Å². The molecule has 1 saturated heterocycles. The number of nitrogens with zero attached hydrogens (tertiary/aromatic N) is 2. The van der Waals surface area contributed by atoms with Crippen LogP contribution in [0.2, 0.25) is 0 Å². The number of rotatable bonds is 7. The summed E-state index contributed by atoms with van der Waals surface area (Å²) in [5.41, 5.74) is 2.53. The van der Waals surface area contributed by atoms with Crippen molar-refractivity contribution in [1.82, 2.24) is 20.5 Å². The van der Waals surface area contributed by atoms with Crippen molar-refractivity contribution in [3.05, 3.63) is 65.5 Å². The number of pyridine rings is 1. The van der Waals surface area contributed by atoms with Crippen molar-refractivity contribution < 1.29 is 14.4 Å². The summed E-state index contributed by atoms with van der Waals surface area (Å²) in [6, 6.07) is 9.84. The van der Waals surface area contributed by atoms with Gasteiger partial charge in [-0.15, -0.1) is 11.8 Å². The van der Waals surface area contributed by atoms with Crippen LogP contribution >= 0.6 is 11.8 Å². The van der Waals surface area contributed by atoms with E-state index in [1.807, 2.05) is 64.1 Å². The van der Waals surface area contributed by atoms with E-state index in [9.17, 15) is 14.4 Å². The highest BCUT2D eigenvalue weighted by Gasteiger charge is 2.57. The molecular weight excluding hydrogens is 436 g/mol. The lowest BCUT2D eigenvalue weighted by molar-refractivity contribution is -0.133. The number of benzene rings is 1. The van der Waals surface area contributed by atoms with E-state index in [-0.39, 0.29) is 29.0 Å². The zero-order valence-corrected chi connectivity index (χ0v) is 20.2. The summed E-state index contributed by atoms with van der Waals surface area (Å²) in [6.07, 6.45) is 4.08. The molecule has 0 bridgehead atoms. The third kappa shape index (κ3) is 4.36. The van der Waals surface area contributed by atoms with E-state index >= 15 is 0 Å². The van der Waals surface area contributed by atoms with Gasteiger partial charge in [0.2, 0.25) is 11.8 Å². The van der Waals surface area contributed by atoms with E-state index in [4.69, 9.17) is 0 Å². The molecule has 1 aromatic carbocycles. The van der Waals surface area contributed by atoms with Gasteiger partial charge in [0.25, 0.3) is 5.91 Å². The van der Waals surface area contributed by atoms with Gasteiger partial charge in [0.1, 0.15) is 17.5 Å². The van der Waals surface area contributed by atoms with Crippen LogP contribution in [-0.4, -0.2) is 44.4 Å². The smallest absolute Gasteiger partial charge is 0.256 e. The first kappa shape index (κ1) is 23.3. The monoisotopic (exact) mass is 466 g/mol. The van der Waals surface area contributed by atoms with Gasteiger partial charge in [-0.1, -0.05) is 38.5 Å². The molecule has 0 radical (unpaired) electrons. The van der Waals surface area contributed by atoms with Crippen molar-refractivity contribution in [1.29, 1.82) is 0 Å². The molecule has 2 aliphatic heterocycles. The van der Waals surface area contributed by atoms with E-state index in [1.165, 1.54) is 0 Å². The van der Waals surface area contributed by atoms with Crippen molar-refractivity contribution in [2.75, 3.05) is 0 Å². The first-order chi connectivity index (χ1) is 15.7. The van der Waals surface area contributed by atoms with Crippen molar-refractivity contribution in [3.8, 4) is 0 Å². The number of amides is 3. The summed E-state index contributed by atoms with van der Waals surface area (Å²) in [6.45, 7) is 8.27. The van der Waals surface area contributed by atoms with Gasteiger partial charge in [0, 0.05) is 29.2 Å². The van der Waals surface area contributed by atoms with Crippen molar-refractivity contribution in [3.63, 3.8) is 0 Å². The molecule has 2 aliphatic rings. The molecule has 3 amide bonds. The summed E-state index contributed by atoms with van der Waals surface area (Å²) < 4.78 is -0.495. The third-order valence-corrected chi connectivity index (χ3v) is 8.09. The van der Waals surface area contributed by atoms with E-state index in [1.54, 1.807) is 29.1 Å². The van der Waals surface area contributed by atoms with Crippen LogP contribution in [0.4, 0.5) is 0 Å². The second-order valence-corrected chi connectivity index (χ2v) is 11.0. The summed E-state index contributed by atoms with van der Waals surface area (Å²) >= 11 is 1.62. The molecule has 7 nitrogen and oxygen atoms in total. The minimum atomic E-state index is -0.690. The molecule has 0 unspecified atom stereocenters. The number of hydrogen-bond donors (Lipinski definition) is 2. The van der Waals surface area contributed by atoms with Crippen molar-refractivity contribution in [2.24, 2.45) is 5.92 Å². The Morgan fingerprint density at radius 1 is 1.18 bits per heavy atom. The van der Waals surface area contributed by atoms with Crippen molar-refractivity contribution in [2.45, 2.75) is 62.9 Å². The van der Waals surface area contributed by atoms with Crippen LogP contribution in [0.5, 0.6) is 0 Å². The fraction of sp³-hybridized carbons (Fsp3) is 0.440. The largest absolute Gasteiger partial charge is 0.350 e. The van der Waals surface area contributed by atoms with E-state index in [2.05, 4.69) is 15.6 Å². The second kappa shape index (κ2) is 9.17. The SMILES string of the molecule is CC[C@H](C)[C@H](NC(=O)[C@H]1N2C(=O)c3ccccc3[C@H]2SC1(C)C)C(=O)NCc1ccncc1. The molecule has 3 heterocycles. The number of thioether (sulfide) groups is 1. The minimum absolute atomic E-state index is 0.0640. The van der Waals surface area contributed by atoms with Crippen LogP contribution in [0.1, 0.15) is 61.0 Å². The van der Waals surface area contributed by atoms with Gasteiger partial charge >= 0.3 is 0 Å². The average Bonchev–Trinajstić information content (AvgIpc) is 3.24. The molecule has 2 N–H and O–H groups in total. The van der Waals surface area contributed by atoms with Gasteiger partial charge in [-0.05, 0) is 49.1 Å². The average molecular weight is 467 g/mol. The van der Waals surface area contributed by atoms with E-state index in [0.29, 0.717) is 12.1 Å². The molecule has 0 spiro atoms. The Morgan fingerprint density at radius 3 is 2.58 bits per heavy atom. The Balaban J connectivity index is 1.53. The normalized spacial score (nSPS) is 22.3. The third-order valence-electron chi connectivity index (χ3n) is 6.55. The molecule has 2 aromatic rings. The number of carbonyl (C=O) groups is 3. The molecule has 33 heavy (non-hydrogen) atoms. The Labute approximate surface area is 198 Å². The quantitative estimate of drug-likeness (QED) is 0.654. The summed E-state index contributed by atoms with van der Waals surface area (Å²) in [4.78, 5) is 45.6. The van der Waals surface area contributed by atoms with Gasteiger partial charge < -0.3 is 15.5 Å². The highest BCUT2D eigenvalue weighted by Crippen LogP contribution is 2.56. The van der Waals surface area contributed by atoms with E-state index < -0.39 is 16.8 Å². The zero-order valence-electron chi connectivity index (χ0n) is 19.4. The number of aromatic nitrogens is 1. The molecule has 1 aromatic heterocycles. The van der Waals surface area contributed by atoms with Gasteiger partial charge in [-0.25, -0.2) is 0 Å². The molecular formula is C25H30N4O3S. The van der Waals surface area contributed by atoms with Gasteiger partial charge in [0.05, 0.1) is 0 Å². The molecule has 4 rings (SSSR count). The van der Waals surface area contributed by atoms with Gasteiger partial charge in [0.15, 0.2) is 0 Å². The Hall–Kier alpha value is -2.87. The van der Waals surface area contributed by atoms with Crippen LogP contribution in [0.25, 0.3) is 0 Å². The first-order valence-electron chi connectivity index (χ1n) is 11.3. The Kier molecular flexibility index (Phi) is 6.47. The van der Waals surface area contributed by atoms with Gasteiger partial charge in [-0.2, -0.15) is 0 Å². The standard InChI is InChI=1S/C25H30N4O3S/c1-5-15(2)19(21(30)27-14-16-10-12-26-13-11-16)28-22(31)20-25(3,4)33-24-18-9-7-6-8-17(18)23(32)29(20)24/h6-13,15,19-20,24H,5,14H2,1-4H3,(H,27,30)(H,28,31)/t15-,19-,20+,24+/m0/s1. The lowest BCUT2D eigenvalue weighted by Crippen LogP contribution is -2.58. The Bertz CT molecular complexity index is 1060. The number of fused-ring (bicyclic) bond motifs is 3. The summed E-state index contributed by atoms with van der Waals surface area (Å²) in [5, 5.41) is 5.73. The predicted molar refractivity (Wildman–Crippen MR) is 128 cm³/mol. The lowest BCUT2D eigenvalue weighted by Gasteiger charge is -2.32. The van der Waals surface area contributed by atoms with Gasteiger partial charge in [-0.3, -0.25) is 19.4 Å². The molecule has 8 heteroatoms.